The predicted octanol–water partition coefficient (Wildman–Crippen LogP) is 3.58. The van der Waals surface area contributed by atoms with Gasteiger partial charge in [0.15, 0.2) is 0 Å². The van der Waals surface area contributed by atoms with E-state index in [0.29, 0.717) is 6.54 Å². The van der Waals surface area contributed by atoms with Gasteiger partial charge in [0, 0.05) is 11.6 Å². The summed E-state index contributed by atoms with van der Waals surface area (Å²) in [7, 11) is 2.05. The lowest BCUT2D eigenvalue weighted by Gasteiger charge is -2.28. The fourth-order valence-electron chi connectivity index (χ4n) is 2.15. The highest BCUT2D eigenvalue weighted by Gasteiger charge is 2.18. The molecule has 0 aromatic heterocycles. The van der Waals surface area contributed by atoms with E-state index in [1.807, 2.05) is 26.1 Å². The number of nitrogens with zero attached hydrogens (tertiary/aromatic N) is 1. The van der Waals surface area contributed by atoms with E-state index >= 15 is 0 Å². The van der Waals surface area contributed by atoms with Gasteiger partial charge in [0.2, 0.25) is 0 Å². The fourth-order valence-corrected chi connectivity index (χ4v) is 2.15. The summed E-state index contributed by atoms with van der Waals surface area (Å²) < 4.78 is 13.7. The Balaban J connectivity index is 2.50. The Kier molecular flexibility index (Phi) is 5.95. The van der Waals surface area contributed by atoms with Crippen molar-refractivity contribution in [2.24, 2.45) is 11.1 Å². The molecular weight excluding hydrogens is 239 g/mol. The van der Waals surface area contributed by atoms with E-state index in [9.17, 15) is 4.39 Å². The van der Waals surface area contributed by atoms with Crippen molar-refractivity contribution >= 4 is 0 Å². The molecule has 0 fully saturated rings. The topological polar surface area (TPSA) is 29.3 Å². The maximum Gasteiger partial charge on any atom is 0.127 e. The summed E-state index contributed by atoms with van der Waals surface area (Å²) in [5.74, 6) is -0.121. The zero-order valence-electron chi connectivity index (χ0n) is 12.6. The third-order valence-electron chi connectivity index (χ3n) is 3.93. The molecule has 1 atom stereocenters. The van der Waals surface area contributed by atoms with Crippen molar-refractivity contribution in [3.05, 3.63) is 35.6 Å². The second kappa shape index (κ2) is 7.01. The Bertz CT molecular complexity index is 390. The van der Waals surface area contributed by atoms with E-state index in [4.69, 9.17) is 5.73 Å². The number of hydrogen-bond donors (Lipinski definition) is 1. The van der Waals surface area contributed by atoms with Crippen LogP contribution in [0.15, 0.2) is 24.3 Å². The molecule has 0 aliphatic rings. The third-order valence-corrected chi connectivity index (χ3v) is 3.93. The van der Waals surface area contributed by atoms with Crippen molar-refractivity contribution in [2.45, 2.75) is 39.7 Å². The van der Waals surface area contributed by atoms with Crippen molar-refractivity contribution in [2.75, 3.05) is 20.1 Å². The number of rotatable bonds is 7. The van der Waals surface area contributed by atoms with E-state index in [1.54, 1.807) is 6.07 Å². The van der Waals surface area contributed by atoms with Gasteiger partial charge in [0.25, 0.3) is 0 Å². The normalized spacial score (nSPS) is 13.8. The van der Waals surface area contributed by atoms with Crippen LogP contribution in [0.1, 0.15) is 45.2 Å². The fraction of sp³-hybridized carbons (Fsp3) is 0.625. The minimum atomic E-state index is -0.121. The molecule has 1 aromatic rings. The van der Waals surface area contributed by atoms with E-state index in [0.717, 1.165) is 24.9 Å². The number of benzene rings is 1. The lowest BCUT2D eigenvalue weighted by Crippen LogP contribution is -2.28. The van der Waals surface area contributed by atoms with Gasteiger partial charge in [-0.05, 0) is 51.4 Å². The van der Waals surface area contributed by atoms with Crippen LogP contribution in [0.2, 0.25) is 0 Å². The van der Waals surface area contributed by atoms with E-state index in [-0.39, 0.29) is 17.3 Å². The molecular formula is C16H27FN2. The van der Waals surface area contributed by atoms with Gasteiger partial charge in [0.1, 0.15) is 5.82 Å². The third kappa shape index (κ3) is 4.92. The first-order valence-corrected chi connectivity index (χ1v) is 7.02. The Morgan fingerprint density at radius 3 is 2.53 bits per heavy atom. The Hall–Kier alpha value is -0.930. The quantitative estimate of drug-likeness (QED) is 0.817. The summed E-state index contributed by atoms with van der Waals surface area (Å²) in [4.78, 5) is 2.20. The highest BCUT2D eigenvalue weighted by molar-refractivity contribution is 5.20. The van der Waals surface area contributed by atoms with Crippen LogP contribution in [-0.2, 0) is 0 Å². The van der Waals surface area contributed by atoms with Gasteiger partial charge >= 0.3 is 0 Å². The van der Waals surface area contributed by atoms with Crippen LogP contribution in [-0.4, -0.2) is 25.0 Å². The van der Waals surface area contributed by atoms with Crippen molar-refractivity contribution in [1.29, 1.82) is 0 Å². The van der Waals surface area contributed by atoms with E-state index in [1.165, 1.54) is 6.07 Å². The Labute approximate surface area is 116 Å². The van der Waals surface area contributed by atoms with Gasteiger partial charge in [-0.1, -0.05) is 32.0 Å². The average Bonchev–Trinajstić information content (AvgIpc) is 2.38. The standard InChI is InChI=1S/C16H27FN2/c1-13(14-8-5-6-9-15(14)17)19(4)11-7-10-16(2,3)12-18/h5-6,8-9,13H,7,10-12,18H2,1-4H3. The first-order valence-electron chi connectivity index (χ1n) is 7.02. The van der Waals surface area contributed by atoms with Crippen molar-refractivity contribution in [1.82, 2.24) is 4.90 Å². The maximum absolute atomic E-state index is 13.7. The molecule has 0 saturated carbocycles. The molecule has 0 amide bonds. The van der Waals surface area contributed by atoms with E-state index < -0.39 is 0 Å². The first-order chi connectivity index (χ1) is 8.87. The molecule has 19 heavy (non-hydrogen) atoms. The highest BCUT2D eigenvalue weighted by atomic mass is 19.1. The molecule has 0 saturated heterocycles. The van der Waals surface area contributed by atoms with Crippen LogP contribution >= 0.6 is 0 Å². The molecule has 2 N–H and O–H groups in total. The molecule has 1 unspecified atom stereocenters. The molecule has 0 radical (unpaired) electrons. The molecule has 2 nitrogen and oxygen atoms in total. The van der Waals surface area contributed by atoms with Crippen molar-refractivity contribution < 1.29 is 4.39 Å². The van der Waals surface area contributed by atoms with Crippen LogP contribution in [0.3, 0.4) is 0 Å². The summed E-state index contributed by atoms with van der Waals surface area (Å²) in [6, 6.07) is 7.11. The molecule has 1 aromatic carbocycles. The summed E-state index contributed by atoms with van der Waals surface area (Å²) >= 11 is 0. The lowest BCUT2D eigenvalue weighted by molar-refractivity contribution is 0.230. The van der Waals surface area contributed by atoms with Crippen molar-refractivity contribution in [3.8, 4) is 0 Å². The SMILES string of the molecule is CC(c1ccccc1F)N(C)CCCC(C)(C)CN. The molecule has 0 bridgehead atoms. The zero-order chi connectivity index (χ0) is 14.5. The first kappa shape index (κ1) is 16.1. The van der Waals surface area contributed by atoms with Crippen LogP contribution < -0.4 is 5.73 Å². The predicted molar refractivity (Wildman–Crippen MR) is 79.5 cm³/mol. The van der Waals surface area contributed by atoms with Gasteiger partial charge < -0.3 is 5.73 Å². The highest BCUT2D eigenvalue weighted by Crippen LogP contribution is 2.24. The molecule has 1 rings (SSSR count). The van der Waals surface area contributed by atoms with Gasteiger partial charge in [-0.15, -0.1) is 0 Å². The number of hydrogen-bond acceptors (Lipinski definition) is 2. The van der Waals surface area contributed by atoms with Crippen LogP contribution in [0.5, 0.6) is 0 Å². The minimum Gasteiger partial charge on any atom is -0.330 e. The number of nitrogens with two attached hydrogens (primary N) is 1. The summed E-state index contributed by atoms with van der Waals surface area (Å²) in [6.45, 7) is 8.09. The minimum absolute atomic E-state index is 0.0992. The van der Waals surface area contributed by atoms with Gasteiger partial charge in [-0.3, -0.25) is 4.90 Å². The molecule has 0 heterocycles. The second-order valence-corrected chi connectivity index (χ2v) is 6.15. The molecule has 108 valence electrons. The number of halogens is 1. The van der Waals surface area contributed by atoms with Crippen LogP contribution in [0.25, 0.3) is 0 Å². The monoisotopic (exact) mass is 266 g/mol. The largest absolute Gasteiger partial charge is 0.330 e. The molecule has 0 aliphatic heterocycles. The summed E-state index contributed by atoms with van der Waals surface area (Å²) in [5, 5.41) is 0. The Morgan fingerprint density at radius 2 is 1.95 bits per heavy atom. The zero-order valence-corrected chi connectivity index (χ0v) is 12.6. The van der Waals surface area contributed by atoms with E-state index in [2.05, 4.69) is 18.7 Å². The molecule has 3 heteroatoms. The van der Waals surface area contributed by atoms with Gasteiger partial charge in [-0.2, -0.15) is 0 Å². The molecule has 0 aliphatic carbocycles. The second-order valence-electron chi connectivity index (χ2n) is 6.15. The van der Waals surface area contributed by atoms with Gasteiger partial charge in [-0.25, -0.2) is 4.39 Å². The van der Waals surface area contributed by atoms with Gasteiger partial charge in [0.05, 0.1) is 0 Å². The summed E-state index contributed by atoms with van der Waals surface area (Å²) in [5.41, 5.74) is 6.69. The van der Waals surface area contributed by atoms with Crippen LogP contribution in [0, 0.1) is 11.2 Å². The Morgan fingerprint density at radius 1 is 1.32 bits per heavy atom. The summed E-state index contributed by atoms with van der Waals surface area (Å²) in [6.07, 6.45) is 2.18. The van der Waals surface area contributed by atoms with Crippen molar-refractivity contribution in [3.63, 3.8) is 0 Å². The average molecular weight is 266 g/mol. The smallest absolute Gasteiger partial charge is 0.127 e. The molecule has 0 spiro atoms. The maximum atomic E-state index is 13.7. The lowest BCUT2D eigenvalue weighted by atomic mass is 9.88. The van der Waals surface area contributed by atoms with Crippen LogP contribution in [0.4, 0.5) is 4.39 Å².